The summed E-state index contributed by atoms with van der Waals surface area (Å²) < 4.78 is 7.41. The molecule has 27 heavy (non-hydrogen) atoms. The van der Waals surface area contributed by atoms with Crippen molar-refractivity contribution in [1.29, 1.82) is 0 Å². The molecule has 0 saturated carbocycles. The zero-order chi connectivity index (χ0) is 19.0. The molecule has 0 aliphatic carbocycles. The zero-order valence-corrected chi connectivity index (χ0v) is 15.7. The van der Waals surface area contributed by atoms with E-state index in [4.69, 9.17) is 15.1 Å². The highest BCUT2D eigenvalue weighted by atomic mass is 16.4. The average Bonchev–Trinajstić information content (AvgIpc) is 3.30. The fourth-order valence-electron chi connectivity index (χ4n) is 3.11. The summed E-state index contributed by atoms with van der Waals surface area (Å²) in [6, 6.07) is 0. The minimum absolute atomic E-state index is 0.120. The van der Waals surface area contributed by atoms with Gasteiger partial charge in [0.15, 0.2) is 23.2 Å². The van der Waals surface area contributed by atoms with Gasteiger partial charge in [-0.05, 0) is 25.9 Å². The second kappa shape index (κ2) is 7.03. The van der Waals surface area contributed by atoms with Gasteiger partial charge in [-0.3, -0.25) is 0 Å². The lowest BCUT2D eigenvalue weighted by molar-refractivity contribution is 0.443. The van der Waals surface area contributed by atoms with Crippen molar-refractivity contribution in [2.24, 2.45) is 7.05 Å². The molecule has 10 nitrogen and oxygen atoms in total. The molecule has 0 unspecified atom stereocenters. The monoisotopic (exact) mass is 369 g/mol. The molecule has 1 fully saturated rings. The van der Waals surface area contributed by atoms with E-state index in [1.807, 2.05) is 20.9 Å². The van der Waals surface area contributed by atoms with Gasteiger partial charge < -0.3 is 15.5 Å². The van der Waals surface area contributed by atoms with Crippen LogP contribution >= 0.6 is 0 Å². The Morgan fingerprint density at radius 1 is 1.22 bits per heavy atom. The normalized spacial score (nSPS) is 15.6. The maximum Gasteiger partial charge on any atom is 0.270 e. The second-order valence-corrected chi connectivity index (χ2v) is 7.03. The van der Waals surface area contributed by atoms with Crippen LogP contribution in [0.2, 0.25) is 0 Å². The lowest BCUT2D eigenvalue weighted by Crippen LogP contribution is -2.27. The number of anilines is 1. The Morgan fingerprint density at radius 2 is 2.00 bits per heavy atom. The summed E-state index contributed by atoms with van der Waals surface area (Å²) in [6.07, 6.45) is 3.65. The Balaban J connectivity index is 1.69. The molecule has 4 heterocycles. The maximum atomic E-state index is 5.99. The van der Waals surface area contributed by atoms with Crippen LogP contribution in [0.1, 0.15) is 50.2 Å². The number of piperidine rings is 1. The molecule has 0 radical (unpaired) electrons. The molecular formula is C17H23N9O. The molecular weight excluding hydrogens is 346 g/mol. The summed E-state index contributed by atoms with van der Waals surface area (Å²) in [5.41, 5.74) is 6.92. The summed E-state index contributed by atoms with van der Waals surface area (Å²) in [5.74, 6) is 2.98. The van der Waals surface area contributed by atoms with Gasteiger partial charge in [-0.2, -0.15) is 5.10 Å². The van der Waals surface area contributed by atoms with E-state index < -0.39 is 0 Å². The minimum atomic E-state index is 0.120. The van der Waals surface area contributed by atoms with Gasteiger partial charge in [-0.25, -0.2) is 19.6 Å². The fraction of sp³-hybridized carbons (Fsp3) is 0.529. The van der Waals surface area contributed by atoms with E-state index in [0.29, 0.717) is 29.0 Å². The number of nitrogens with one attached hydrogen (secondary N) is 1. The molecule has 4 rings (SSSR count). The van der Waals surface area contributed by atoms with Gasteiger partial charge in [-0.1, -0.05) is 13.8 Å². The lowest BCUT2D eigenvalue weighted by Gasteiger charge is -2.19. The van der Waals surface area contributed by atoms with Crippen molar-refractivity contribution in [2.45, 2.75) is 38.5 Å². The molecule has 10 heteroatoms. The number of nitrogens with zero attached hydrogens (tertiary/aromatic N) is 7. The number of nitrogen functional groups attached to an aromatic ring is 1. The smallest absolute Gasteiger partial charge is 0.270 e. The van der Waals surface area contributed by atoms with Crippen LogP contribution in [0.15, 0.2) is 10.6 Å². The van der Waals surface area contributed by atoms with Crippen molar-refractivity contribution in [1.82, 2.24) is 40.2 Å². The largest absolute Gasteiger partial charge is 0.419 e. The predicted molar refractivity (Wildman–Crippen MR) is 98.7 cm³/mol. The predicted octanol–water partition coefficient (Wildman–Crippen LogP) is 1.49. The van der Waals surface area contributed by atoms with Gasteiger partial charge in [0.25, 0.3) is 5.89 Å². The third-order valence-electron chi connectivity index (χ3n) is 4.65. The van der Waals surface area contributed by atoms with Crippen LogP contribution in [0.5, 0.6) is 0 Å². The summed E-state index contributed by atoms with van der Waals surface area (Å²) in [6.45, 7) is 5.92. The average molecular weight is 369 g/mol. The topological polar surface area (TPSA) is 133 Å². The highest BCUT2D eigenvalue weighted by Gasteiger charge is 2.23. The van der Waals surface area contributed by atoms with Crippen molar-refractivity contribution < 1.29 is 4.42 Å². The van der Waals surface area contributed by atoms with E-state index in [-0.39, 0.29) is 17.6 Å². The molecule has 1 saturated heterocycles. The van der Waals surface area contributed by atoms with E-state index in [1.165, 1.54) is 0 Å². The number of rotatable bonds is 4. The maximum absolute atomic E-state index is 5.99. The van der Waals surface area contributed by atoms with Crippen LogP contribution in [0, 0.1) is 0 Å². The molecule has 3 aromatic rings. The molecule has 0 amide bonds. The van der Waals surface area contributed by atoms with Crippen molar-refractivity contribution in [3.63, 3.8) is 0 Å². The first-order valence-corrected chi connectivity index (χ1v) is 9.11. The number of aromatic nitrogens is 7. The third kappa shape index (κ3) is 3.39. The SMILES string of the molecule is CC(C)c1nnc(-c2nc(-c3nc(C4CCNCC4)nn3C)cnc2N)o1. The lowest BCUT2D eigenvalue weighted by atomic mass is 9.98. The van der Waals surface area contributed by atoms with Crippen LogP contribution in [0.3, 0.4) is 0 Å². The number of hydrogen-bond donors (Lipinski definition) is 2. The summed E-state index contributed by atoms with van der Waals surface area (Å²) in [7, 11) is 1.86. The molecule has 1 aliphatic rings. The Bertz CT molecular complexity index is 940. The van der Waals surface area contributed by atoms with E-state index >= 15 is 0 Å². The molecule has 0 bridgehead atoms. The van der Waals surface area contributed by atoms with Crippen LogP contribution in [0.4, 0.5) is 5.82 Å². The Kier molecular flexibility index (Phi) is 4.56. The Hall–Kier alpha value is -2.88. The molecule has 3 N–H and O–H groups in total. The van der Waals surface area contributed by atoms with Crippen molar-refractivity contribution in [2.75, 3.05) is 18.8 Å². The van der Waals surface area contributed by atoms with Gasteiger partial charge in [0.1, 0.15) is 5.69 Å². The van der Waals surface area contributed by atoms with E-state index in [1.54, 1.807) is 10.9 Å². The van der Waals surface area contributed by atoms with E-state index in [0.717, 1.165) is 31.8 Å². The van der Waals surface area contributed by atoms with E-state index in [9.17, 15) is 0 Å². The van der Waals surface area contributed by atoms with Crippen LogP contribution in [-0.4, -0.2) is 48.0 Å². The highest BCUT2D eigenvalue weighted by Crippen LogP contribution is 2.28. The summed E-state index contributed by atoms with van der Waals surface area (Å²) >= 11 is 0. The zero-order valence-electron chi connectivity index (χ0n) is 15.7. The van der Waals surface area contributed by atoms with Crippen LogP contribution < -0.4 is 11.1 Å². The van der Waals surface area contributed by atoms with Crippen molar-refractivity contribution >= 4 is 5.82 Å². The van der Waals surface area contributed by atoms with Gasteiger partial charge in [-0.15, -0.1) is 10.2 Å². The first kappa shape index (κ1) is 17.5. The van der Waals surface area contributed by atoms with Gasteiger partial charge in [0, 0.05) is 18.9 Å². The molecule has 3 aromatic heterocycles. The molecule has 142 valence electrons. The second-order valence-electron chi connectivity index (χ2n) is 7.03. The third-order valence-corrected chi connectivity index (χ3v) is 4.65. The molecule has 0 atom stereocenters. The van der Waals surface area contributed by atoms with Crippen LogP contribution in [-0.2, 0) is 7.05 Å². The van der Waals surface area contributed by atoms with Crippen molar-refractivity contribution in [3.8, 4) is 23.1 Å². The quantitative estimate of drug-likeness (QED) is 0.701. The molecule has 0 spiro atoms. The van der Waals surface area contributed by atoms with Crippen LogP contribution in [0.25, 0.3) is 23.1 Å². The molecule has 0 aromatic carbocycles. The number of aryl methyl sites for hydroxylation is 1. The van der Waals surface area contributed by atoms with Crippen molar-refractivity contribution in [3.05, 3.63) is 17.9 Å². The number of nitrogens with two attached hydrogens (primary N) is 1. The Morgan fingerprint density at radius 3 is 2.70 bits per heavy atom. The number of hydrogen-bond acceptors (Lipinski definition) is 9. The first-order valence-electron chi connectivity index (χ1n) is 9.11. The Labute approximate surface area is 156 Å². The van der Waals surface area contributed by atoms with Gasteiger partial charge in [0.2, 0.25) is 5.89 Å². The van der Waals surface area contributed by atoms with E-state index in [2.05, 4.69) is 30.6 Å². The fourth-order valence-corrected chi connectivity index (χ4v) is 3.11. The summed E-state index contributed by atoms with van der Waals surface area (Å²) in [5, 5.41) is 16.0. The van der Waals surface area contributed by atoms with Gasteiger partial charge in [0.05, 0.1) is 6.20 Å². The standard InChI is InChI=1S/C17H23N9O/c1-9(2)16-23-24-17(27-16)12-13(18)20-8-11(21-12)15-22-14(25-26(15)3)10-4-6-19-7-5-10/h8-10,19H,4-7H2,1-3H3,(H2,18,20). The van der Waals surface area contributed by atoms with Gasteiger partial charge >= 0.3 is 0 Å². The molecule has 1 aliphatic heterocycles. The minimum Gasteiger partial charge on any atom is -0.419 e. The first-order chi connectivity index (χ1) is 13.0. The summed E-state index contributed by atoms with van der Waals surface area (Å²) in [4.78, 5) is 13.5. The highest BCUT2D eigenvalue weighted by molar-refractivity contribution is 5.65.